The highest BCUT2D eigenvalue weighted by atomic mass is 16.3. The van der Waals surface area contributed by atoms with Crippen molar-refractivity contribution in [3.8, 4) is 11.3 Å². The van der Waals surface area contributed by atoms with Crippen LogP contribution in [-0.2, 0) is 17.8 Å². The van der Waals surface area contributed by atoms with E-state index in [0.29, 0.717) is 31.7 Å². The Labute approximate surface area is 187 Å². The monoisotopic (exact) mass is 432 g/mol. The largest absolute Gasteiger partial charge is 0.461 e. The molecular formula is C26H28N2O4. The molecule has 0 unspecified atom stereocenters. The molecular weight excluding hydrogens is 404 g/mol. The van der Waals surface area contributed by atoms with Crippen LogP contribution in [0.1, 0.15) is 60.4 Å². The molecule has 1 fully saturated rings. The molecule has 1 N–H and O–H groups in total. The number of fused-ring (bicyclic) bond motifs is 1. The van der Waals surface area contributed by atoms with Gasteiger partial charge < -0.3 is 19.1 Å². The van der Waals surface area contributed by atoms with E-state index < -0.39 is 0 Å². The number of benzene rings is 1. The van der Waals surface area contributed by atoms with Crippen LogP contribution in [0.4, 0.5) is 5.69 Å². The zero-order valence-electron chi connectivity index (χ0n) is 18.1. The van der Waals surface area contributed by atoms with Crippen LogP contribution < -0.4 is 5.32 Å². The van der Waals surface area contributed by atoms with Crippen LogP contribution in [0.15, 0.2) is 57.6 Å². The molecule has 1 aliphatic carbocycles. The molecule has 166 valence electrons. The Morgan fingerprint density at radius 2 is 1.91 bits per heavy atom. The summed E-state index contributed by atoms with van der Waals surface area (Å²) in [4.78, 5) is 26.6. The SMILES string of the molecule is O=C(CCC1CCCC1)Nc1ccc(-c2cc3c(o2)CCN(C(=O)c2ccco2)C3)cc1. The molecule has 3 heterocycles. The van der Waals surface area contributed by atoms with E-state index in [1.807, 2.05) is 30.3 Å². The lowest BCUT2D eigenvalue weighted by molar-refractivity contribution is -0.116. The van der Waals surface area contributed by atoms with E-state index in [9.17, 15) is 9.59 Å². The number of carbonyl (C=O) groups is 2. The van der Waals surface area contributed by atoms with Gasteiger partial charge in [0.25, 0.3) is 5.91 Å². The lowest BCUT2D eigenvalue weighted by atomic mass is 10.0. The minimum atomic E-state index is -0.101. The smallest absolute Gasteiger partial charge is 0.289 e. The predicted octanol–water partition coefficient (Wildman–Crippen LogP) is 5.65. The molecule has 5 rings (SSSR count). The van der Waals surface area contributed by atoms with Crippen LogP contribution in [0.5, 0.6) is 0 Å². The Morgan fingerprint density at radius 1 is 1.09 bits per heavy atom. The Balaban J connectivity index is 1.20. The summed E-state index contributed by atoms with van der Waals surface area (Å²) in [7, 11) is 0. The van der Waals surface area contributed by atoms with Crippen molar-refractivity contribution in [3.05, 3.63) is 65.8 Å². The number of furan rings is 2. The second kappa shape index (κ2) is 9.07. The van der Waals surface area contributed by atoms with Crippen LogP contribution in [0, 0.1) is 5.92 Å². The average Bonchev–Trinajstić information content (AvgIpc) is 3.59. The van der Waals surface area contributed by atoms with Crippen LogP contribution >= 0.6 is 0 Å². The fourth-order valence-corrected chi connectivity index (χ4v) is 4.78. The summed E-state index contributed by atoms with van der Waals surface area (Å²) in [6.07, 6.45) is 8.92. The number of anilines is 1. The van der Waals surface area contributed by atoms with Gasteiger partial charge in [-0.25, -0.2) is 0 Å². The first-order valence-electron chi connectivity index (χ1n) is 11.5. The second-order valence-electron chi connectivity index (χ2n) is 8.83. The zero-order valence-corrected chi connectivity index (χ0v) is 18.1. The van der Waals surface area contributed by atoms with Crippen molar-refractivity contribution in [1.29, 1.82) is 0 Å². The van der Waals surface area contributed by atoms with E-state index >= 15 is 0 Å². The molecule has 2 amide bonds. The summed E-state index contributed by atoms with van der Waals surface area (Å²) in [6.45, 7) is 1.11. The van der Waals surface area contributed by atoms with Gasteiger partial charge in [0.2, 0.25) is 5.91 Å². The van der Waals surface area contributed by atoms with E-state index in [0.717, 1.165) is 40.7 Å². The summed E-state index contributed by atoms with van der Waals surface area (Å²) in [5, 5.41) is 3.00. The van der Waals surface area contributed by atoms with E-state index in [4.69, 9.17) is 8.83 Å². The van der Waals surface area contributed by atoms with Crippen molar-refractivity contribution in [3.63, 3.8) is 0 Å². The summed E-state index contributed by atoms with van der Waals surface area (Å²) in [5.41, 5.74) is 2.78. The topological polar surface area (TPSA) is 75.7 Å². The number of amides is 2. The first-order valence-corrected chi connectivity index (χ1v) is 11.5. The molecule has 0 spiro atoms. The van der Waals surface area contributed by atoms with Gasteiger partial charge in [-0.15, -0.1) is 0 Å². The van der Waals surface area contributed by atoms with Gasteiger partial charge in [0.15, 0.2) is 5.76 Å². The van der Waals surface area contributed by atoms with Gasteiger partial charge in [0.1, 0.15) is 11.5 Å². The molecule has 2 aliphatic rings. The molecule has 1 aromatic carbocycles. The summed E-state index contributed by atoms with van der Waals surface area (Å²) in [5.74, 6) is 2.77. The maximum atomic E-state index is 12.6. The number of nitrogens with one attached hydrogen (secondary N) is 1. The molecule has 6 nitrogen and oxygen atoms in total. The standard InChI is InChI=1S/C26H28N2O4/c29-25(12-7-18-4-1-2-5-18)27-21-10-8-19(9-11-21)24-16-20-17-28(14-13-22(20)32-24)26(30)23-6-3-15-31-23/h3,6,8-11,15-16,18H,1-2,4-5,7,12-14,17H2,(H,27,29). The fourth-order valence-electron chi connectivity index (χ4n) is 4.78. The minimum absolute atomic E-state index is 0.0828. The lowest BCUT2D eigenvalue weighted by Gasteiger charge is -2.25. The highest BCUT2D eigenvalue weighted by molar-refractivity contribution is 5.92. The molecule has 3 aromatic rings. The molecule has 2 aromatic heterocycles. The van der Waals surface area contributed by atoms with Crippen LogP contribution in [-0.4, -0.2) is 23.3 Å². The Bertz CT molecular complexity index is 1080. The predicted molar refractivity (Wildman–Crippen MR) is 121 cm³/mol. The molecule has 0 atom stereocenters. The fraction of sp³-hybridized carbons (Fsp3) is 0.385. The van der Waals surface area contributed by atoms with Gasteiger partial charge in [0, 0.05) is 42.7 Å². The maximum absolute atomic E-state index is 12.6. The number of rotatable bonds is 6. The van der Waals surface area contributed by atoms with Crippen molar-refractivity contribution >= 4 is 17.5 Å². The third-order valence-corrected chi connectivity index (χ3v) is 6.59. The van der Waals surface area contributed by atoms with Gasteiger partial charge in [0.05, 0.1) is 6.26 Å². The van der Waals surface area contributed by atoms with Gasteiger partial charge >= 0.3 is 0 Å². The van der Waals surface area contributed by atoms with Crippen molar-refractivity contribution in [2.75, 3.05) is 11.9 Å². The number of nitrogens with zero attached hydrogens (tertiary/aromatic N) is 1. The molecule has 6 heteroatoms. The molecule has 1 aliphatic heterocycles. The van der Waals surface area contributed by atoms with Crippen molar-refractivity contribution in [2.24, 2.45) is 5.92 Å². The normalized spacial score (nSPS) is 16.2. The third kappa shape index (κ3) is 4.49. The first-order chi connectivity index (χ1) is 15.7. The van der Waals surface area contributed by atoms with Crippen molar-refractivity contribution in [2.45, 2.75) is 51.5 Å². The minimum Gasteiger partial charge on any atom is -0.461 e. The van der Waals surface area contributed by atoms with Gasteiger partial charge in [-0.1, -0.05) is 25.7 Å². The van der Waals surface area contributed by atoms with Gasteiger partial charge in [-0.2, -0.15) is 0 Å². The molecule has 0 saturated heterocycles. The summed E-state index contributed by atoms with van der Waals surface area (Å²) >= 11 is 0. The van der Waals surface area contributed by atoms with Crippen LogP contribution in [0.2, 0.25) is 0 Å². The van der Waals surface area contributed by atoms with Crippen LogP contribution in [0.3, 0.4) is 0 Å². The molecule has 1 saturated carbocycles. The van der Waals surface area contributed by atoms with Gasteiger partial charge in [-0.3, -0.25) is 9.59 Å². The number of hydrogen-bond donors (Lipinski definition) is 1. The van der Waals surface area contributed by atoms with Crippen molar-refractivity contribution in [1.82, 2.24) is 4.90 Å². The summed E-state index contributed by atoms with van der Waals surface area (Å²) < 4.78 is 11.3. The van der Waals surface area contributed by atoms with Crippen LogP contribution in [0.25, 0.3) is 11.3 Å². The van der Waals surface area contributed by atoms with E-state index in [1.54, 1.807) is 17.0 Å². The number of hydrogen-bond acceptors (Lipinski definition) is 4. The van der Waals surface area contributed by atoms with Gasteiger partial charge in [-0.05, 0) is 54.8 Å². The Morgan fingerprint density at radius 3 is 2.66 bits per heavy atom. The van der Waals surface area contributed by atoms with E-state index in [-0.39, 0.29) is 11.8 Å². The zero-order chi connectivity index (χ0) is 21.9. The quantitative estimate of drug-likeness (QED) is 0.546. The molecule has 0 bridgehead atoms. The molecule has 32 heavy (non-hydrogen) atoms. The first kappa shape index (κ1) is 20.6. The second-order valence-corrected chi connectivity index (χ2v) is 8.83. The summed E-state index contributed by atoms with van der Waals surface area (Å²) in [6, 6.07) is 13.2. The Kier molecular flexibility index (Phi) is 5.84. The van der Waals surface area contributed by atoms with E-state index in [2.05, 4.69) is 5.32 Å². The van der Waals surface area contributed by atoms with Crippen molar-refractivity contribution < 1.29 is 18.4 Å². The highest BCUT2D eigenvalue weighted by Gasteiger charge is 2.26. The highest BCUT2D eigenvalue weighted by Crippen LogP contribution is 2.31. The molecule has 0 radical (unpaired) electrons. The van der Waals surface area contributed by atoms with E-state index in [1.165, 1.54) is 31.9 Å². The Hall–Kier alpha value is -3.28. The number of carbonyl (C=O) groups excluding carboxylic acids is 2. The maximum Gasteiger partial charge on any atom is 0.289 e. The average molecular weight is 433 g/mol. The third-order valence-electron chi connectivity index (χ3n) is 6.59. The lowest BCUT2D eigenvalue weighted by Crippen LogP contribution is -2.35.